The fourth-order valence-electron chi connectivity index (χ4n) is 3.78. The molecule has 3 aromatic carbocycles. The van der Waals surface area contributed by atoms with E-state index in [1.165, 1.54) is 16.6 Å². The van der Waals surface area contributed by atoms with E-state index in [-0.39, 0.29) is 31.2 Å². The Kier molecular flexibility index (Phi) is 7.98. The summed E-state index contributed by atoms with van der Waals surface area (Å²) in [5.74, 6) is 5.58. The number of nitrogens with zero attached hydrogens (tertiary/aromatic N) is 2. The third-order valence-corrected chi connectivity index (χ3v) is 5.69. The Morgan fingerprint density at radius 3 is 2.14 bits per heavy atom. The lowest BCUT2D eigenvalue weighted by Gasteiger charge is -2.24. The van der Waals surface area contributed by atoms with Gasteiger partial charge in [-0.05, 0) is 42.0 Å². The van der Waals surface area contributed by atoms with Gasteiger partial charge in [-0.25, -0.2) is 4.79 Å². The van der Waals surface area contributed by atoms with Gasteiger partial charge in [0.25, 0.3) is 11.5 Å². The van der Waals surface area contributed by atoms with Crippen molar-refractivity contribution in [1.82, 2.24) is 9.55 Å². The number of nitrogens with two attached hydrogens (primary N) is 1. The van der Waals surface area contributed by atoms with Crippen LogP contribution in [-0.4, -0.2) is 35.7 Å². The molecule has 1 amide bonds. The van der Waals surface area contributed by atoms with Gasteiger partial charge in [-0.1, -0.05) is 60.4 Å². The van der Waals surface area contributed by atoms with Crippen LogP contribution in [0.25, 0.3) is 0 Å². The van der Waals surface area contributed by atoms with Crippen LogP contribution in [0.4, 0.5) is 11.5 Å². The Bertz CT molecular complexity index is 1550. The first-order valence-corrected chi connectivity index (χ1v) is 11.6. The standard InChI is InChI=1S/C29H26N4O4/c1-37-19-18-32(25-26(30)33(29(36)31-27(25)34)20-23-10-6-3-7-11-23)28(35)24-16-14-22(15-17-24)13-12-21-8-4-2-5-9-21/h2-11,14-17H,18-20,30H2,1H3,(H,31,34,36). The number of hydrogen-bond donors (Lipinski definition) is 2. The fourth-order valence-corrected chi connectivity index (χ4v) is 3.78. The number of anilines is 2. The van der Waals surface area contributed by atoms with Gasteiger partial charge in [0.15, 0.2) is 5.69 Å². The number of amides is 1. The summed E-state index contributed by atoms with van der Waals surface area (Å²) < 4.78 is 6.41. The van der Waals surface area contributed by atoms with Gasteiger partial charge in [0.05, 0.1) is 13.2 Å². The van der Waals surface area contributed by atoms with Crippen LogP contribution in [0.15, 0.2) is 94.5 Å². The van der Waals surface area contributed by atoms with E-state index in [2.05, 4.69) is 16.8 Å². The van der Waals surface area contributed by atoms with Gasteiger partial charge in [-0.2, -0.15) is 0 Å². The van der Waals surface area contributed by atoms with Gasteiger partial charge in [-0.15, -0.1) is 0 Å². The molecule has 0 saturated carbocycles. The lowest BCUT2D eigenvalue weighted by atomic mass is 10.1. The smallest absolute Gasteiger partial charge is 0.330 e. The Labute approximate surface area is 214 Å². The van der Waals surface area contributed by atoms with Crippen LogP contribution < -0.4 is 21.9 Å². The molecule has 0 unspecified atom stereocenters. The van der Waals surface area contributed by atoms with E-state index in [1.807, 2.05) is 60.7 Å². The second kappa shape index (κ2) is 11.7. The Morgan fingerprint density at radius 2 is 1.51 bits per heavy atom. The quantitative estimate of drug-likeness (QED) is 0.384. The van der Waals surface area contributed by atoms with Crippen LogP contribution in [0.2, 0.25) is 0 Å². The first-order valence-electron chi connectivity index (χ1n) is 11.6. The predicted octanol–water partition coefficient (Wildman–Crippen LogP) is 2.86. The molecule has 0 spiro atoms. The van der Waals surface area contributed by atoms with Gasteiger partial charge in [0, 0.05) is 30.3 Å². The summed E-state index contributed by atoms with van der Waals surface area (Å²) in [5, 5.41) is 0. The zero-order valence-electron chi connectivity index (χ0n) is 20.3. The van der Waals surface area contributed by atoms with Crippen molar-refractivity contribution in [3.63, 3.8) is 0 Å². The minimum absolute atomic E-state index is 0.0573. The Hall–Kier alpha value is -4.87. The number of rotatable bonds is 7. The van der Waals surface area contributed by atoms with Crippen molar-refractivity contribution in [1.29, 1.82) is 0 Å². The molecule has 1 heterocycles. The van der Waals surface area contributed by atoms with Crippen molar-refractivity contribution in [2.75, 3.05) is 30.9 Å². The average Bonchev–Trinajstić information content (AvgIpc) is 2.92. The van der Waals surface area contributed by atoms with E-state index in [0.717, 1.165) is 16.7 Å². The highest BCUT2D eigenvalue weighted by Gasteiger charge is 2.25. The second-order valence-electron chi connectivity index (χ2n) is 8.21. The van der Waals surface area contributed by atoms with E-state index in [0.29, 0.717) is 5.56 Å². The van der Waals surface area contributed by atoms with E-state index in [4.69, 9.17) is 10.5 Å². The monoisotopic (exact) mass is 494 g/mol. The molecule has 0 aliphatic heterocycles. The fraction of sp³-hybridized carbons (Fsp3) is 0.138. The van der Waals surface area contributed by atoms with Crippen molar-refractivity contribution >= 4 is 17.4 Å². The molecule has 0 fully saturated rings. The van der Waals surface area contributed by atoms with Gasteiger partial charge in [0.2, 0.25) is 0 Å². The molecule has 0 saturated heterocycles. The largest absolute Gasteiger partial charge is 0.383 e. The maximum atomic E-state index is 13.5. The molecule has 0 aliphatic carbocycles. The topological polar surface area (TPSA) is 110 Å². The number of aromatic amines is 1. The minimum atomic E-state index is -0.749. The van der Waals surface area contributed by atoms with Gasteiger partial charge < -0.3 is 10.5 Å². The Balaban J connectivity index is 1.67. The highest BCUT2D eigenvalue weighted by atomic mass is 16.5. The van der Waals surface area contributed by atoms with Crippen molar-refractivity contribution in [2.45, 2.75) is 6.54 Å². The molecular weight excluding hydrogens is 468 g/mol. The number of H-pyrrole nitrogens is 1. The Morgan fingerprint density at radius 1 is 0.919 bits per heavy atom. The summed E-state index contributed by atoms with van der Waals surface area (Å²) in [6.07, 6.45) is 0. The zero-order chi connectivity index (χ0) is 26.2. The number of nitrogens with one attached hydrogen (secondary N) is 1. The first kappa shape index (κ1) is 25.2. The van der Waals surface area contributed by atoms with Crippen molar-refractivity contribution in [2.24, 2.45) is 0 Å². The highest BCUT2D eigenvalue weighted by Crippen LogP contribution is 2.20. The van der Waals surface area contributed by atoms with Crippen molar-refractivity contribution in [3.8, 4) is 11.8 Å². The predicted molar refractivity (Wildman–Crippen MR) is 144 cm³/mol. The number of nitrogen functional groups attached to an aromatic ring is 1. The normalized spacial score (nSPS) is 10.4. The highest BCUT2D eigenvalue weighted by molar-refractivity contribution is 6.07. The van der Waals surface area contributed by atoms with Gasteiger partial charge in [0.1, 0.15) is 5.82 Å². The van der Waals surface area contributed by atoms with E-state index in [1.54, 1.807) is 24.3 Å². The minimum Gasteiger partial charge on any atom is -0.383 e. The lowest BCUT2D eigenvalue weighted by molar-refractivity contribution is 0.0975. The third kappa shape index (κ3) is 6.04. The molecule has 4 aromatic rings. The number of aromatic nitrogens is 2. The van der Waals surface area contributed by atoms with Gasteiger partial charge in [-0.3, -0.25) is 24.0 Å². The zero-order valence-corrected chi connectivity index (χ0v) is 20.3. The number of hydrogen-bond acceptors (Lipinski definition) is 5. The van der Waals surface area contributed by atoms with Crippen molar-refractivity contribution in [3.05, 3.63) is 128 Å². The summed E-state index contributed by atoms with van der Waals surface area (Å²) in [7, 11) is 1.49. The summed E-state index contributed by atoms with van der Waals surface area (Å²) in [4.78, 5) is 42.5. The number of carbonyl (C=O) groups excluding carboxylic acids is 1. The number of carbonyl (C=O) groups is 1. The summed E-state index contributed by atoms with van der Waals surface area (Å²) in [5.41, 5.74) is 7.59. The lowest BCUT2D eigenvalue weighted by Crippen LogP contribution is -2.42. The molecule has 3 N–H and O–H groups in total. The molecule has 0 atom stereocenters. The summed E-state index contributed by atoms with van der Waals surface area (Å²) in [6, 6.07) is 25.6. The first-order chi connectivity index (χ1) is 18.0. The summed E-state index contributed by atoms with van der Waals surface area (Å²) >= 11 is 0. The molecule has 0 radical (unpaired) electrons. The van der Waals surface area contributed by atoms with Crippen LogP contribution >= 0.6 is 0 Å². The van der Waals surface area contributed by atoms with Crippen LogP contribution in [0.5, 0.6) is 0 Å². The molecule has 1 aromatic heterocycles. The molecule has 186 valence electrons. The average molecular weight is 495 g/mol. The van der Waals surface area contributed by atoms with E-state index >= 15 is 0 Å². The van der Waals surface area contributed by atoms with Crippen molar-refractivity contribution < 1.29 is 9.53 Å². The SMILES string of the molecule is COCCN(C(=O)c1ccc(C#Cc2ccccc2)cc1)c1c(N)n(Cc2ccccc2)c(=O)[nH]c1=O. The van der Waals surface area contributed by atoms with E-state index < -0.39 is 17.2 Å². The molecule has 0 aliphatic rings. The molecule has 37 heavy (non-hydrogen) atoms. The number of benzene rings is 3. The molecule has 0 bridgehead atoms. The van der Waals surface area contributed by atoms with Crippen LogP contribution in [-0.2, 0) is 11.3 Å². The van der Waals surface area contributed by atoms with Crippen LogP contribution in [0, 0.1) is 11.8 Å². The van der Waals surface area contributed by atoms with Crippen LogP contribution in [0.3, 0.4) is 0 Å². The maximum absolute atomic E-state index is 13.5. The van der Waals surface area contributed by atoms with Crippen LogP contribution in [0.1, 0.15) is 27.0 Å². The number of methoxy groups -OCH3 is 1. The summed E-state index contributed by atoms with van der Waals surface area (Å²) in [6.45, 7) is 0.348. The third-order valence-electron chi connectivity index (χ3n) is 5.69. The van der Waals surface area contributed by atoms with E-state index in [9.17, 15) is 14.4 Å². The van der Waals surface area contributed by atoms with Gasteiger partial charge >= 0.3 is 5.69 Å². The molecule has 4 rings (SSSR count). The molecular formula is C29H26N4O4. The molecule has 8 nitrogen and oxygen atoms in total. The molecule has 8 heteroatoms. The number of ether oxygens (including phenoxy) is 1. The second-order valence-corrected chi connectivity index (χ2v) is 8.21. The maximum Gasteiger partial charge on any atom is 0.330 e.